The van der Waals surface area contributed by atoms with E-state index in [0.29, 0.717) is 12.2 Å². The summed E-state index contributed by atoms with van der Waals surface area (Å²) < 4.78 is 8.25. The van der Waals surface area contributed by atoms with Crippen molar-refractivity contribution in [1.29, 1.82) is 0 Å². The van der Waals surface area contributed by atoms with Gasteiger partial charge in [0.05, 0.1) is 17.6 Å². The van der Waals surface area contributed by atoms with E-state index in [1.807, 2.05) is 7.05 Å². The monoisotopic (exact) mass is 363 g/mol. The topological polar surface area (TPSA) is 98.7 Å². The zero-order valence-corrected chi connectivity index (χ0v) is 14.8. The van der Waals surface area contributed by atoms with Crippen LogP contribution in [0.1, 0.15) is 6.42 Å². The van der Waals surface area contributed by atoms with E-state index < -0.39 is 11.9 Å². The lowest BCUT2D eigenvalue weighted by molar-refractivity contribution is -0.144. The Morgan fingerprint density at radius 1 is 1.24 bits per heavy atom. The van der Waals surface area contributed by atoms with E-state index in [2.05, 4.69) is 23.9 Å². The van der Waals surface area contributed by atoms with Gasteiger partial charge in [0.25, 0.3) is 0 Å². The summed E-state index contributed by atoms with van der Waals surface area (Å²) in [5.74, 6) is -1.95. The molecular weight excluding hydrogens is 342 g/mol. The molecule has 2 aromatic rings. The van der Waals surface area contributed by atoms with Crippen molar-refractivity contribution in [3.05, 3.63) is 18.2 Å². The third-order valence-electron chi connectivity index (χ3n) is 4.39. The Kier molecular flexibility index (Phi) is 5.57. The van der Waals surface area contributed by atoms with Gasteiger partial charge in [-0.25, -0.2) is 0 Å². The van der Waals surface area contributed by atoms with Crippen molar-refractivity contribution in [3.63, 3.8) is 0 Å². The molecule has 1 amide bonds. The first-order valence-corrected chi connectivity index (χ1v) is 8.90. The molecule has 2 heterocycles. The first-order chi connectivity index (χ1) is 12.0. The van der Waals surface area contributed by atoms with Gasteiger partial charge in [0.2, 0.25) is 5.91 Å². The number of anilines is 1. The molecule has 1 aliphatic heterocycles. The molecule has 8 nitrogen and oxygen atoms in total. The number of benzene rings is 1. The molecule has 1 fully saturated rings. The van der Waals surface area contributed by atoms with Crippen LogP contribution in [0, 0.1) is 5.92 Å². The predicted molar refractivity (Wildman–Crippen MR) is 95.7 cm³/mol. The summed E-state index contributed by atoms with van der Waals surface area (Å²) in [6.07, 6.45) is -0.0466. The minimum absolute atomic E-state index is 0.0466. The van der Waals surface area contributed by atoms with E-state index in [4.69, 9.17) is 0 Å². The number of fused-ring (bicyclic) bond motifs is 1. The molecule has 1 aliphatic rings. The molecule has 25 heavy (non-hydrogen) atoms. The van der Waals surface area contributed by atoms with Crippen molar-refractivity contribution in [2.75, 3.05) is 45.1 Å². The van der Waals surface area contributed by atoms with Crippen LogP contribution in [0.15, 0.2) is 18.2 Å². The van der Waals surface area contributed by atoms with Crippen LogP contribution in [0.5, 0.6) is 0 Å². The maximum absolute atomic E-state index is 12.3. The molecular formula is C16H21N5O3S. The number of nitrogens with one attached hydrogen (secondary N) is 1. The first kappa shape index (κ1) is 17.7. The highest BCUT2D eigenvalue weighted by Crippen LogP contribution is 2.18. The molecule has 0 saturated carbocycles. The zero-order chi connectivity index (χ0) is 17.8. The Labute approximate surface area is 149 Å². The van der Waals surface area contributed by atoms with Gasteiger partial charge in [-0.1, -0.05) is 0 Å². The molecule has 1 aromatic heterocycles. The molecule has 0 spiro atoms. The van der Waals surface area contributed by atoms with Crippen molar-refractivity contribution < 1.29 is 14.7 Å². The van der Waals surface area contributed by atoms with Crippen LogP contribution in [-0.4, -0.2) is 75.3 Å². The number of hydrogen-bond donors (Lipinski definition) is 2. The zero-order valence-electron chi connectivity index (χ0n) is 14.0. The van der Waals surface area contributed by atoms with Crippen LogP contribution in [-0.2, 0) is 9.59 Å². The second-order valence-corrected chi connectivity index (χ2v) is 6.89. The van der Waals surface area contributed by atoms with Gasteiger partial charge < -0.3 is 15.3 Å². The number of piperazine rings is 1. The number of nitrogens with zero attached hydrogens (tertiary/aromatic N) is 4. The average molecular weight is 363 g/mol. The second-order valence-electron chi connectivity index (χ2n) is 6.36. The standard InChI is InChI=1S/C16H21N5O3S/c1-20-4-6-21(7-5-20)10-11(16(23)24)8-15(22)17-12-2-3-13-14(9-12)19-25-18-13/h2-3,9,11H,4-8,10H2,1H3,(H,17,22)(H,23,24)/t11-/m0/s1. The summed E-state index contributed by atoms with van der Waals surface area (Å²) in [5.41, 5.74) is 2.10. The van der Waals surface area contributed by atoms with Crippen LogP contribution in [0.25, 0.3) is 11.0 Å². The van der Waals surface area contributed by atoms with Gasteiger partial charge in [-0.2, -0.15) is 8.75 Å². The highest BCUT2D eigenvalue weighted by molar-refractivity contribution is 7.00. The number of rotatable bonds is 6. The maximum atomic E-state index is 12.3. The van der Waals surface area contributed by atoms with Crippen LogP contribution in [0.3, 0.4) is 0 Å². The highest BCUT2D eigenvalue weighted by atomic mass is 32.1. The SMILES string of the molecule is CN1CCN(C[C@H](CC(=O)Nc2ccc3nsnc3c2)C(=O)O)CC1. The van der Waals surface area contributed by atoms with Crippen LogP contribution in [0.4, 0.5) is 5.69 Å². The summed E-state index contributed by atoms with van der Waals surface area (Å²) in [6, 6.07) is 5.28. The van der Waals surface area contributed by atoms with E-state index >= 15 is 0 Å². The minimum atomic E-state index is -0.937. The highest BCUT2D eigenvalue weighted by Gasteiger charge is 2.25. The molecule has 1 aromatic carbocycles. The second kappa shape index (κ2) is 7.85. The quantitative estimate of drug-likeness (QED) is 0.789. The Morgan fingerprint density at radius 2 is 1.96 bits per heavy atom. The van der Waals surface area contributed by atoms with E-state index in [1.54, 1.807) is 18.2 Å². The lowest BCUT2D eigenvalue weighted by Crippen LogP contribution is -2.47. The van der Waals surface area contributed by atoms with Crippen molar-refractivity contribution in [2.24, 2.45) is 5.92 Å². The van der Waals surface area contributed by atoms with E-state index in [-0.39, 0.29) is 12.3 Å². The number of likely N-dealkylation sites (N-methyl/N-ethyl adjacent to an activating group) is 1. The fourth-order valence-corrected chi connectivity index (χ4v) is 3.39. The summed E-state index contributed by atoms with van der Waals surface area (Å²) in [5, 5.41) is 12.2. The Morgan fingerprint density at radius 3 is 2.68 bits per heavy atom. The van der Waals surface area contributed by atoms with Gasteiger partial charge in [0.1, 0.15) is 11.0 Å². The van der Waals surface area contributed by atoms with Gasteiger partial charge >= 0.3 is 5.97 Å². The summed E-state index contributed by atoms with van der Waals surface area (Å²) in [7, 11) is 2.05. The average Bonchev–Trinajstić information content (AvgIpc) is 3.03. The predicted octanol–water partition coefficient (Wildman–Crippen LogP) is 0.968. The molecule has 1 atom stereocenters. The number of carboxylic acid groups (broad SMARTS) is 1. The van der Waals surface area contributed by atoms with E-state index in [1.165, 1.54) is 0 Å². The third-order valence-corrected chi connectivity index (χ3v) is 4.95. The molecule has 2 N–H and O–H groups in total. The van der Waals surface area contributed by atoms with Gasteiger partial charge in [0, 0.05) is 44.8 Å². The molecule has 0 radical (unpaired) electrons. The molecule has 3 rings (SSSR count). The summed E-state index contributed by atoms with van der Waals surface area (Å²) in [4.78, 5) is 28.1. The molecule has 134 valence electrons. The number of carbonyl (C=O) groups excluding carboxylic acids is 1. The van der Waals surface area contributed by atoms with Crippen molar-refractivity contribution in [3.8, 4) is 0 Å². The van der Waals surface area contributed by atoms with Crippen LogP contribution < -0.4 is 5.32 Å². The number of aromatic nitrogens is 2. The smallest absolute Gasteiger partial charge is 0.308 e. The normalized spacial score (nSPS) is 17.5. The molecule has 1 saturated heterocycles. The van der Waals surface area contributed by atoms with E-state index in [9.17, 15) is 14.7 Å². The van der Waals surface area contributed by atoms with Gasteiger partial charge in [0.15, 0.2) is 0 Å². The lowest BCUT2D eigenvalue weighted by atomic mass is 10.0. The van der Waals surface area contributed by atoms with Crippen molar-refractivity contribution >= 4 is 40.3 Å². The number of aliphatic carboxylic acids is 1. The van der Waals surface area contributed by atoms with Gasteiger partial charge in [-0.05, 0) is 25.2 Å². The molecule has 0 bridgehead atoms. The molecule has 9 heteroatoms. The van der Waals surface area contributed by atoms with Crippen LogP contribution >= 0.6 is 11.7 Å². The number of carbonyl (C=O) groups is 2. The minimum Gasteiger partial charge on any atom is -0.481 e. The number of carboxylic acids is 1. The number of hydrogen-bond acceptors (Lipinski definition) is 7. The summed E-state index contributed by atoms with van der Waals surface area (Å²) in [6.45, 7) is 3.89. The van der Waals surface area contributed by atoms with Crippen molar-refractivity contribution in [1.82, 2.24) is 18.5 Å². The van der Waals surface area contributed by atoms with Gasteiger partial charge in [-0.15, -0.1) is 0 Å². The molecule has 0 aliphatic carbocycles. The largest absolute Gasteiger partial charge is 0.481 e. The fourth-order valence-electron chi connectivity index (χ4n) is 2.87. The Balaban J connectivity index is 1.57. The third kappa shape index (κ3) is 4.71. The Hall–Kier alpha value is -2.10. The number of amides is 1. The first-order valence-electron chi connectivity index (χ1n) is 8.17. The maximum Gasteiger partial charge on any atom is 0.308 e. The van der Waals surface area contributed by atoms with E-state index in [0.717, 1.165) is 48.9 Å². The van der Waals surface area contributed by atoms with Crippen LogP contribution in [0.2, 0.25) is 0 Å². The molecule has 0 unspecified atom stereocenters. The summed E-state index contributed by atoms with van der Waals surface area (Å²) >= 11 is 1.12. The fraction of sp³-hybridized carbons (Fsp3) is 0.500. The Bertz CT molecular complexity index is 757. The lowest BCUT2D eigenvalue weighted by Gasteiger charge is -2.33. The van der Waals surface area contributed by atoms with Gasteiger partial charge in [-0.3, -0.25) is 14.5 Å². The van der Waals surface area contributed by atoms with Crippen molar-refractivity contribution in [2.45, 2.75) is 6.42 Å².